The smallest absolute Gasteiger partial charge is 0.270 e. The number of nitrogens with zero attached hydrogens (tertiary/aromatic N) is 2. The zero-order valence-electron chi connectivity index (χ0n) is 11.0. The molecule has 0 radical (unpaired) electrons. The number of non-ortho nitro benzene ring substituents is 1. The highest BCUT2D eigenvalue weighted by Crippen LogP contribution is 2.13. The highest BCUT2D eigenvalue weighted by atomic mass is 16.6. The van der Waals surface area contributed by atoms with Crippen LogP contribution in [0.15, 0.2) is 53.5 Å². The van der Waals surface area contributed by atoms with Crippen molar-refractivity contribution in [3.8, 4) is 5.75 Å². The van der Waals surface area contributed by atoms with Gasteiger partial charge >= 0.3 is 0 Å². The molecule has 0 aromatic heterocycles. The van der Waals surface area contributed by atoms with Gasteiger partial charge in [0, 0.05) is 18.3 Å². The van der Waals surface area contributed by atoms with Gasteiger partial charge in [-0.05, 0) is 23.3 Å². The van der Waals surface area contributed by atoms with Crippen molar-refractivity contribution < 1.29 is 9.66 Å². The van der Waals surface area contributed by atoms with Crippen LogP contribution in [0.1, 0.15) is 11.1 Å². The monoisotopic (exact) mass is 270 g/mol. The van der Waals surface area contributed by atoms with Gasteiger partial charge in [-0.25, -0.2) is 0 Å². The maximum atomic E-state index is 10.7. The molecule has 102 valence electrons. The maximum Gasteiger partial charge on any atom is 0.270 e. The second kappa shape index (κ2) is 6.47. The third-order valence-electron chi connectivity index (χ3n) is 2.75. The van der Waals surface area contributed by atoms with Gasteiger partial charge in [0.05, 0.1) is 18.6 Å². The van der Waals surface area contributed by atoms with Crippen molar-refractivity contribution in [2.45, 2.75) is 6.54 Å². The van der Waals surface area contributed by atoms with Crippen LogP contribution in [0.5, 0.6) is 5.75 Å². The molecule has 0 aliphatic heterocycles. The Morgan fingerprint density at radius 2 is 2.00 bits per heavy atom. The van der Waals surface area contributed by atoms with Gasteiger partial charge in [0.25, 0.3) is 5.69 Å². The molecule has 0 spiro atoms. The third-order valence-corrected chi connectivity index (χ3v) is 2.75. The summed E-state index contributed by atoms with van der Waals surface area (Å²) >= 11 is 0. The molecular formula is C15H14N2O3. The van der Waals surface area contributed by atoms with Crippen molar-refractivity contribution in [1.82, 2.24) is 0 Å². The van der Waals surface area contributed by atoms with E-state index < -0.39 is 4.92 Å². The van der Waals surface area contributed by atoms with E-state index in [-0.39, 0.29) is 5.69 Å². The van der Waals surface area contributed by atoms with E-state index in [1.165, 1.54) is 12.1 Å². The largest absolute Gasteiger partial charge is 0.497 e. The van der Waals surface area contributed by atoms with Crippen molar-refractivity contribution in [3.63, 3.8) is 0 Å². The van der Waals surface area contributed by atoms with Crippen LogP contribution >= 0.6 is 0 Å². The molecule has 2 aromatic rings. The first-order valence-electron chi connectivity index (χ1n) is 6.06. The van der Waals surface area contributed by atoms with E-state index in [4.69, 9.17) is 4.74 Å². The van der Waals surface area contributed by atoms with Crippen LogP contribution in [0, 0.1) is 10.1 Å². The van der Waals surface area contributed by atoms with Gasteiger partial charge in [0.1, 0.15) is 5.75 Å². The fraction of sp³-hybridized carbons (Fsp3) is 0.133. The number of methoxy groups -OCH3 is 1. The zero-order valence-corrected chi connectivity index (χ0v) is 11.0. The Morgan fingerprint density at radius 3 is 2.65 bits per heavy atom. The molecule has 2 aromatic carbocycles. The van der Waals surface area contributed by atoms with Crippen molar-refractivity contribution in [3.05, 3.63) is 69.8 Å². The molecule has 0 fully saturated rings. The lowest BCUT2D eigenvalue weighted by Crippen LogP contribution is -1.90. The average molecular weight is 270 g/mol. The lowest BCUT2D eigenvalue weighted by molar-refractivity contribution is -0.384. The number of nitro groups is 1. The number of nitro benzene ring substituents is 1. The molecule has 2 rings (SSSR count). The Kier molecular flexibility index (Phi) is 4.44. The Bertz CT molecular complexity index is 621. The summed E-state index contributed by atoms with van der Waals surface area (Å²) < 4.78 is 5.08. The summed E-state index contributed by atoms with van der Waals surface area (Å²) in [6.07, 6.45) is 1.64. The average Bonchev–Trinajstić information content (AvgIpc) is 2.48. The van der Waals surface area contributed by atoms with Crippen LogP contribution in [0.4, 0.5) is 5.69 Å². The molecular weight excluding hydrogens is 256 g/mol. The maximum absolute atomic E-state index is 10.7. The van der Waals surface area contributed by atoms with Gasteiger partial charge in [0.2, 0.25) is 0 Å². The molecule has 0 unspecified atom stereocenters. The lowest BCUT2D eigenvalue weighted by atomic mass is 10.2. The number of aliphatic imine (C=N–C) groups is 1. The fourth-order valence-corrected chi connectivity index (χ4v) is 1.71. The number of rotatable bonds is 5. The summed E-state index contributed by atoms with van der Waals surface area (Å²) in [6, 6.07) is 14.0. The Labute approximate surface area is 116 Å². The van der Waals surface area contributed by atoms with E-state index >= 15 is 0 Å². The van der Waals surface area contributed by atoms with Crippen molar-refractivity contribution in [2.24, 2.45) is 4.99 Å². The third kappa shape index (κ3) is 3.65. The van der Waals surface area contributed by atoms with Gasteiger partial charge in [-0.2, -0.15) is 0 Å². The molecule has 0 atom stereocenters. The van der Waals surface area contributed by atoms with Gasteiger partial charge in [-0.15, -0.1) is 0 Å². The topological polar surface area (TPSA) is 64.7 Å². The number of ether oxygens (including phenoxy) is 1. The fourth-order valence-electron chi connectivity index (χ4n) is 1.71. The van der Waals surface area contributed by atoms with Crippen LogP contribution in [0.2, 0.25) is 0 Å². The summed E-state index contributed by atoms with van der Waals surface area (Å²) in [5, 5.41) is 10.7. The summed E-state index contributed by atoms with van der Waals surface area (Å²) in [7, 11) is 1.62. The standard InChI is InChI=1S/C15H14N2O3/c1-20-15-7-5-12(6-8-15)10-16-11-13-3-2-4-14(9-13)17(18)19/h2-9,11H,10H2,1H3. The quantitative estimate of drug-likeness (QED) is 0.476. The van der Waals surface area contributed by atoms with E-state index in [1.54, 1.807) is 25.5 Å². The molecule has 0 saturated carbocycles. The lowest BCUT2D eigenvalue weighted by Gasteiger charge is -2.00. The minimum Gasteiger partial charge on any atom is -0.497 e. The first-order chi connectivity index (χ1) is 9.69. The summed E-state index contributed by atoms with van der Waals surface area (Å²) in [5.41, 5.74) is 1.83. The van der Waals surface area contributed by atoms with E-state index in [9.17, 15) is 10.1 Å². The van der Waals surface area contributed by atoms with E-state index in [0.717, 1.165) is 11.3 Å². The summed E-state index contributed by atoms with van der Waals surface area (Å²) in [4.78, 5) is 14.5. The normalized spacial score (nSPS) is 10.7. The Balaban J connectivity index is 2.02. The highest BCUT2D eigenvalue weighted by molar-refractivity contribution is 5.80. The van der Waals surface area contributed by atoms with Crippen LogP contribution in [0.3, 0.4) is 0 Å². The van der Waals surface area contributed by atoms with Crippen LogP contribution in [-0.2, 0) is 6.54 Å². The molecule has 0 aliphatic rings. The second-order valence-electron chi connectivity index (χ2n) is 4.17. The predicted molar refractivity (Wildman–Crippen MR) is 77.4 cm³/mol. The number of hydrogen-bond acceptors (Lipinski definition) is 4. The molecule has 20 heavy (non-hydrogen) atoms. The van der Waals surface area contributed by atoms with Crippen LogP contribution < -0.4 is 4.74 Å². The number of hydrogen-bond donors (Lipinski definition) is 0. The molecule has 0 bridgehead atoms. The van der Waals surface area contributed by atoms with Crippen LogP contribution in [0.25, 0.3) is 0 Å². The minimum absolute atomic E-state index is 0.0680. The zero-order chi connectivity index (χ0) is 14.4. The van der Waals surface area contributed by atoms with Gasteiger partial charge < -0.3 is 4.74 Å². The molecule has 5 nitrogen and oxygen atoms in total. The van der Waals surface area contributed by atoms with E-state index in [1.807, 2.05) is 24.3 Å². The first-order valence-corrected chi connectivity index (χ1v) is 6.06. The van der Waals surface area contributed by atoms with Gasteiger partial charge in [0.15, 0.2) is 0 Å². The van der Waals surface area contributed by atoms with E-state index in [2.05, 4.69) is 4.99 Å². The number of benzene rings is 2. The predicted octanol–water partition coefficient (Wildman–Crippen LogP) is 3.22. The van der Waals surface area contributed by atoms with Crippen molar-refractivity contribution >= 4 is 11.9 Å². The molecule has 5 heteroatoms. The van der Waals surface area contributed by atoms with Gasteiger partial charge in [-0.3, -0.25) is 15.1 Å². The Morgan fingerprint density at radius 1 is 1.25 bits per heavy atom. The molecule has 0 amide bonds. The SMILES string of the molecule is COc1ccc(CN=Cc2cccc([N+](=O)[O-])c2)cc1. The Hall–Kier alpha value is -2.69. The van der Waals surface area contributed by atoms with E-state index in [0.29, 0.717) is 12.1 Å². The molecule has 0 saturated heterocycles. The highest BCUT2D eigenvalue weighted by Gasteiger charge is 2.03. The second-order valence-corrected chi connectivity index (χ2v) is 4.17. The first kappa shape index (κ1) is 13.7. The summed E-state index contributed by atoms with van der Waals surface area (Å²) in [6.45, 7) is 0.521. The van der Waals surface area contributed by atoms with Crippen molar-refractivity contribution in [2.75, 3.05) is 7.11 Å². The van der Waals surface area contributed by atoms with Crippen molar-refractivity contribution in [1.29, 1.82) is 0 Å². The molecule has 0 aliphatic carbocycles. The minimum atomic E-state index is -0.416. The van der Waals surface area contributed by atoms with Gasteiger partial charge in [-0.1, -0.05) is 24.3 Å². The van der Waals surface area contributed by atoms with Crippen LogP contribution in [-0.4, -0.2) is 18.2 Å². The molecule has 0 N–H and O–H groups in total. The summed E-state index contributed by atoms with van der Waals surface area (Å²) in [5.74, 6) is 0.802. The molecule has 0 heterocycles.